The summed E-state index contributed by atoms with van der Waals surface area (Å²) >= 11 is 0. The van der Waals surface area contributed by atoms with Gasteiger partial charge in [0, 0.05) is 6.54 Å². The standard InChI is InChI=1S/C24H25N3O3/c25-15-17-4-6-18(7-5-17)16-27-14-2-1-3-21(27)22(28)26-24(12-13-24)20-10-8-19(9-11-20)23(29)30/h4-11,21H,1-3,12-14,16H2,(H,26,28)(H,29,30)/t21-/m1/s1. The molecule has 4 rings (SSSR count). The van der Waals surface area contributed by atoms with E-state index < -0.39 is 5.97 Å². The molecule has 0 spiro atoms. The van der Waals surface area contributed by atoms with Crippen molar-refractivity contribution in [2.24, 2.45) is 0 Å². The number of carboxylic acids is 1. The van der Waals surface area contributed by atoms with E-state index in [1.165, 1.54) is 0 Å². The molecule has 1 saturated heterocycles. The highest BCUT2D eigenvalue weighted by atomic mass is 16.4. The Morgan fingerprint density at radius 3 is 2.40 bits per heavy atom. The number of hydrogen-bond acceptors (Lipinski definition) is 4. The first-order chi connectivity index (χ1) is 14.5. The maximum Gasteiger partial charge on any atom is 0.335 e. The minimum absolute atomic E-state index is 0.0446. The molecule has 6 nitrogen and oxygen atoms in total. The number of rotatable bonds is 6. The monoisotopic (exact) mass is 403 g/mol. The zero-order chi connectivity index (χ0) is 21.1. The van der Waals surface area contributed by atoms with Crippen LogP contribution in [0.25, 0.3) is 0 Å². The summed E-state index contributed by atoms with van der Waals surface area (Å²) in [6.45, 7) is 1.56. The van der Waals surface area contributed by atoms with Gasteiger partial charge in [-0.25, -0.2) is 4.79 Å². The molecule has 1 atom stereocenters. The van der Waals surface area contributed by atoms with Gasteiger partial charge in [0.15, 0.2) is 0 Å². The Bertz CT molecular complexity index is 972. The van der Waals surface area contributed by atoms with Crippen molar-refractivity contribution in [1.82, 2.24) is 10.2 Å². The molecule has 154 valence electrons. The van der Waals surface area contributed by atoms with Gasteiger partial charge in [-0.2, -0.15) is 5.26 Å². The molecule has 1 heterocycles. The number of benzene rings is 2. The average molecular weight is 403 g/mol. The number of nitriles is 1. The van der Waals surface area contributed by atoms with Gasteiger partial charge in [0.05, 0.1) is 28.8 Å². The number of carbonyl (C=O) groups is 2. The predicted molar refractivity (Wildman–Crippen MR) is 112 cm³/mol. The van der Waals surface area contributed by atoms with Crippen molar-refractivity contribution in [1.29, 1.82) is 5.26 Å². The molecule has 2 fully saturated rings. The number of carboxylic acid groups (broad SMARTS) is 1. The maximum atomic E-state index is 13.2. The van der Waals surface area contributed by atoms with Gasteiger partial charge in [-0.05, 0) is 67.6 Å². The van der Waals surface area contributed by atoms with E-state index in [1.807, 2.05) is 36.4 Å². The second kappa shape index (κ2) is 8.29. The third-order valence-electron chi connectivity index (χ3n) is 6.18. The van der Waals surface area contributed by atoms with Gasteiger partial charge >= 0.3 is 5.97 Å². The summed E-state index contributed by atoms with van der Waals surface area (Å²) in [6.07, 6.45) is 4.67. The van der Waals surface area contributed by atoms with E-state index in [9.17, 15) is 9.59 Å². The van der Waals surface area contributed by atoms with Crippen molar-refractivity contribution >= 4 is 11.9 Å². The fourth-order valence-corrected chi connectivity index (χ4v) is 4.26. The Labute approximate surface area is 176 Å². The number of hydrogen-bond donors (Lipinski definition) is 2. The van der Waals surface area contributed by atoms with Crippen molar-refractivity contribution < 1.29 is 14.7 Å². The lowest BCUT2D eigenvalue weighted by Gasteiger charge is -2.35. The van der Waals surface area contributed by atoms with Crippen LogP contribution in [0.5, 0.6) is 0 Å². The van der Waals surface area contributed by atoms with Gasteiger partial charge in [-0.15, -0.1) is 0 Å². The maximum absolute atomic E-state index is 13.2. The SMILES string of the molecule is N#Cc1ccc(CN2CCCC[C@@H]2C(=O)NC2(c3ccc(C(=O)O)cc3)CC2)cc1. The average Bonchev–Trinajstić information content (AvgIpc) is 3.55. The van der Waals surface area contributed by atoms with Crippen LogP contribution in [0.1, 0.15) is 59.2 Å². The Morgan fingerprint density at radius 2 is 1.80 bits per heavy atom. The zero-order valence-electron chi connectivity index (χ0n) is 16.8. The second-order valence-electron chi connectivity index (χ2n) is 8.24. The summed E-state index contributed by atoms with van der Waals surface area (Å²) in [4.78, 5) is 26.5. The number of piperidine rings is 1. The van der Waals surface area contributed by atoms with Crippen molar-refractivity contribution in [2.45, 2.75) is 50.2 Å². The van der Waals surface area contributed by atoms with Crippen LogP contribution in [0.4, 0.5) is 0 Å². The van der Waals surface area contributed by atoms with Crippen LogP contribution in [-0.2, 0) is 16.9 Å². The van der Waals surface area contributed by atoms with Gasteiger partial charge in [0.2, 0.25) is 5.91 Å². The Balaban J connectivity index is 1.45. The molecule has 2 aliphatic rings. The minimum atomic E-state index is -0.948. The zero-order valence-corrected chi connectivity index (χ0v) is 16.8. The fourth-order valence-electron chi connectivity index (χ4n) is 4.26. The lowest BCUT2D eigenvalue weighted by Crippen LogP contribution is -2.51. The summed E-state index contributed by atoms with van der Waals surface area (Å²) in [5.41, 5.74) is 2.58. The van der Waals surface area contributed by atoms with Crippen molar-refractivity contribution in [2.75, 3.05) is 6.54 Å². The molecule has 0 aromatic heterocycles. The highest BCUT2D eigenvalue weighted by molar-refractivity contribution is 5.87. The van der Waals surface area contributed by atoms with Gasteiger partial charge < -0.3 is 10.4 Å². The molecule has 0 radical (unpaired) electrons. The van der Waals surface area contributed by atoms with Crippen LogP contribution in [-0.4, -0.2) is 34.5 Å². The Kier molecular flexibility index (Phi) is 5.56. The second-order valence-corrected chi connectivity index (χ2v) is 8.24. The lowest BCUT2D eigenvalue weighted by molar-refractivity contribution is -0.129. The van der Waals surface area contributed by atoms with Crippen LogP contribution < -0.4 is 5.32 Å². The Hall–Kier alpha value is -3.17. The lowest BCUT2D eigenvalue weighted by atomic mass is 9.98. The summed E-state index contributed by atoms with van der Waals surface area (Å²) in [7, 11) is 0. The molecule has 30 heavy (non-hydrogen) atoms. The molecule has 0 bridgehead atoms. The summed E-state index contributed by atoms with van der Waals surface area (Å²) in [5, 5.41) is 21.3. The molecule has 1 aliphatic carbocycles. The summed E-state index contributed by atoms with van der Waals surface area (Å²) in [6, 6.07) is 16.3. The molecule has 1 saturated carbocycles. The smallest absolute Gasteiger partial charge is 0.335 e. The van der Waals surface area contributed by atoms with E-state index in [0.717, 1.165) is 49.8 Å². The van der Waals surface area contributed by atoms with Crippen LogP contribution in [0.2, 0.25) is 0 Å². The fraction of sp³-hybridized carbons (Fsp3) is 0.375. The van der Waals surface area contributed by atoms with Gasteiger partial charge in [-0.3, -0.25) is 9.69 Å². The van der Waals surface area contributed by atoms with E-state index in [1.54, 1.807) is 12.1 Å². The molecule has 2 N–H and O–H groups in total. The third-order valence-corrected chi connectivity index (χ3v) is 6.18. The summed E-state index contributed by atoms with van der Waals surface area (Å²) < 4.78 is 0. The van der Waals surface area contributed by atoms with E-state index in [4.69, 9.17) is 10.4 Å². The quantitative estimate of drug-likeness (QED) is 0.771. The molecular weight excluding hydrogens is 378 g/mol. The van der Waals surface area contributed by atoms with Gasteiger partial charge in [0.25, 0.3) is 0 Å². The van der Waals surface area contributed by atoms with E-state index in [0.29, 0.717) is 12.1 Å². The molecule has 0 unspecified atom stereocenters. The van der Waals surface area contributed by atoms with Gasteiger partial charge in [-0.1, -0.05) is 30.7 Å². The first kappa shape index (κ1) is 20.1. The molecule has 2 aromatic rings. The Morgan fingerprint density at radius 1 is 1.10 bits per heavy atom. The van der Waals surface area contributed by atoms with Crippen LogP contribution in [0.15, 0.2) is 48.5 Å². The minimum Gasteiger partial charge on any atom is -0.478 e. The highest BCUT2D eigenvalue weighted by Gasteiger charge is 2.47. The van der Waals surface area contributed by atoms with Crippen molar-refractivity contribution in [3.63, 3.8) is 0 Å². The third kappa shape index (κ3) is 4.22. The molecule has 1 aliphatic heterocycles. The van der Waals surface area contributed by atoms with Crippen LogP contribution >= 0.6 is 0 Å². The number of aromatic carboxylic acids is 1. The summed E-state index contributed by atoms with van der Waals surface area (Å²) in [5.74, 6) is -0.903. The van der Waals surface area contributed by atoms with Crippen LogP contribution in [0, 0.1) is 11.3 Å². The van der Waals surface area contributed by atoms with Crippen molar-refractivity contribution in [3.8, 4) is 6.07 Å². The number of nitrogens with zero attached hydrogens (tertiary/aromatic N) is 2. The molecular formula is C24H25N3O3. The number of likely N-dealkylation sites (tertiary alicyclic amines) is 1. The molecule has 2 aromatic carbocycles. The highest BCUT2D eigenvalue weighted by Crippen LogP contribution is 2.45. The number of nitrogens with one attached hydrogen (secondary N) is 1. The van der Waals surface area contributed by atoms with Gasteiger partial charge in [0.1, 0.15) is 0 Å². The van der Waals surface area contributed by atoms with E-state index in [-0.39, 0.29) is 23.1 Å². The number of carbonyl (C=O) groups excluding carboxylic acids is 1. The number of amides is 1. The topological polar surface area (TPSA) is 93.4 Å². The molecule has 1 amide bonds. The van der Waals surface area contributed by atoms with Crippen molar-refractivity contribution in [3.05, 3.63) is 70.8 Å². The largest absolute Gasteiger partial charge is 0.478 e. The normalized spacial score (nSPS) is 20.2. The molecule has 6 heteroatoms. The first-order valence-electron chi connectivity index (χ1n) is 10.4. The predicted octanol–water partition coefficient (Wildman–Crippen LogP) is 3.42. The van der Waals surface area contributed by atoms with Crippen LogP contribution in [0.3, 0.4) is 0 Å². The first-order valence-corrected chi connectivity index (χ1v) is 10.4. The van der Waals surface area contributed by atoms with E-state index >= 15 is 0 Å². The van der Waals surface area contributed by atoms with E-state index in [2.05, 4.69) is 16.3 Å².